The molecule has 0 aromatic heterocycles. The van der Waals surface area contributed by atoms with Crippen LogP contribution in [0.25, 0.3) is 0 Å². The smallest absolute Gasteiger partial charge is 0.0698 e. The maximum Gasteiger partial charge on any atom is 0.0698 e. The van der Waals surface area contributed by atoms with Crippen molar-refractivity contribution >= 4 is 0 Å². The molecule has 3 heteroatoms. The Balaban J connectivity index is 1.60. The van der Waals surface area contributed by atoms with E-state index in [9.17, 15) is 0 Å². The molecule has 0 spiro atoms. The van der Waals surface area contributed by atoms with Gasteiger partial charge in [-0.1, -0.05) is 0 Å². The molecule has 1 unspecified atom stereocenters. The fourth-order valence-corrected chi connectivity index (χ4v) is 1.81. The SMILES string of the molecule is OCCOCC1CCN1C1CC1. The van der Waals surface area contributed by atoms with Crippen molar-refractivity contribution in [3.8, 4) is 0 Å². The summed E-state index contributed by atoms with van der Waals surface area (Å²) >= 11 is 0. The molecule has 1 heterocycles. The zero-order valence-corrected chi connectivity index (χ0v) is 7.41. The number of hydrogen-bond donors (Lipinski definition) is 1. The highest BCUT2D eigenvalue weighted by atomic mass is 16.5. The molecule has 1 saturated heterocycles. The van der Waals surface area contributed by atoms with Gasteiger partial charge < -0.3 is 9.84 Å². The first-order valence-corrected chi connectivity index (χ1v) is 4.86. The van der Waals surface area contributed by atoms with E-state index in [1.165, 1.54) is 25.8 Å². The van der Waals surface area contributed by atoms with Gasteiger partial charge in [0.25, 0.3) is 0 Å². The lowest BCUT2D eigenvalue weighted by Gasteiger charge is -2.41. The summed E-state index contributed by atoms with van der Waals surface area (Å²) in [6, 6.07) is 1.53. The second kappa shape index (κ2) is 3.73. The minimum atomic E-state index is 0.149. The zero-order valence-electron chi connectivity index (χ0n) is 7.41. The number of nitrogens with zero attached hydrogens (tertiary/aromatic N) is 1. The Kier molecular flexibility index (Phi) is 2.63. The molecule has 0 aromatic carbocycles. The lowest BCUT2D eigenvalue weighted by molar-refractivity contribution is -0.00878. The van der Waals surface area contributed by atoms with Gasteiger partial charge in [-0.05, 0) is 19.3 Å². The molecule has 1 saturated carbocycles. The van der Waals surface area contributed by atoms with Crippen LogP contribution >= 0.6 is 0 Å². The molecule has 1 atom stereocenters. The Morgan fingerprint density at radius 2 is 2.17 bits per heavy atom. The number of aliphatic hydroxyl groups is 1. The van der Waals surface area contributed by atoms with Gasteiger partial charge in [-0.3, -0.25) is 4.90 Å². The maximum absolute atomic E-state index is 8.52. The lowest BCUT2D eigenvalue weighted by atomic mass is 10.0. The molecule has 0 bridgehead atoms. The molecule has 2 aliphatic rings. The van der Waals surface area contributed by atoms with Crippen molar-refractivity contribution in [1.82, 2.24) is 4.90 Å². The third-order valence-corrected chi connectivity index (χ3v) is 2.75. The van der Waals surface area contributed by atoms with Crippen LogP contribution in [-0.4, -0.2) is 48.5 Å². The van der Waals surface area contributed by atoms with E-state index in [1.54, 1.807) is 0 Å². The largest absolute Gasteiger partial charge is 0.394 e. The van der Waals surface area contributed by atoms with Crippen LogP contribution in [0.4, 0.5) is 0 Å². The van der Waals surface area contributed by atoms with Crippen molar-refractivity contribution in [2.24, 2.45) is 0 Å². The van der Waals surface area contributed by atoms with E-state index in [1.807, 2.05) is 0 Å². The summed E-state index contributed by atoms with van der Waals surface area (Å²) in [7, 11) is 0. The maximum atomic E-state index is 8.52. The highest BCUT2D eigenvalue weighted by Gasteiger charge is 2.39. The Hall–Kier alpha value is -0.120. The molecule has 1 N–H and O–H groups in total. The standard InChI is InChI=1S/C9H17NO2/c11-5-6-12-7-9-3-4-10(9)8-1-2-8/h8-9,11H,1-7H2. The van der Waals surface area contributed by atoms with Crippen molar-refractivity contribution < 1.29 is 9.84 Å². The molecule has 0 radical (unpaired) electrons. The summed E-state index contributed by atoms with van der Waals surface area (Å²) in [6.45, 7) is 2.72. The summed E-state index contributed by atoms with van der Waals surface area (Å²) in [5.74, 6) is 0. The Morgan fingerprint density at radius 3 is 2.67 bits per heavy atom. The lowest BCUT2D eigenvalue weighted by Crippen LogP contribution is -2.51. The number of aliphatic hydroxyl groups excluding tert-OH is 1. The minimum absolute atomic E-state index is 0.149. The van der Waals surface area contributed by atoms with Gasteiger partial charge in [0.1, 0.15) is 0 Å². The number of hydrogen-bond acceptors (Lipinski definition) is 3. The van der Waals surface area contributed by atoms with Crippen molar-refractivity contribution in [3.63, 3.8) is 0 Å². The number of likely N-dealkylation sites (tertiary alicyclic amines) is 1. The van der Waals surface area contributed by atoms with Crippen LogP contribution in [0.1, 0.15) is 19.3 Å². The molecule has 12 heavy (non-hydrogen) atoms. The van der Waals surface area contributed by atoms with Crippen LogP contribution in [0, 0.1) is 0 Å². The van der Waals surface area contributed by atoms with Crippen molar-refractivity contribution in [2.45, 2.75) is 31.3 Å². The van der Waals surface area contributed by atoms with Gasteiger partial charge in [-0.25, -0.2) is 0 Å². The highest BCUT2D eigenvalue weighted by molar-refractivity contribution is 4.94. The number of ether oxygens (including phenoxy) is 1. The minimum Gasteiger partial charge on any atom is -0.394 e. The predicted octanol–water partition coefficient (Wildman–Crippen LogP) is 0.232. The van der Waals surface area contributed by atoms with Crippen LogP contribution in [0.3, 0.4) is 0 Å². The van der Waals surface area contributed by atoms with Gasteiger partial charge in [-0.15, -0.1) is 0 Å². The highest BCUT2D eigenvalue weighted by Crippen LogP contribution is 2.34. The molecule has 0 amide bonds. The summed E-state index contributed by atoms with van der Waals surface area (Å²) in [4.78, 5) is 2.54. The molecule has 2 fully saturated rings. The summed E-state index contributed by atoms with van der Waals surface area (Å²) in [5.41, 5.74) is 0. The van der Waals surface area contributed by atoms with Crippen molar-refractivity contribution in [2.75, 3.05) is 26.4 Å². The third kappa shape index (κ3) is 1.79. The quantitative estimate of drug-likeness (QED) is 0.601. The summed E-state index contributed by atoms with van der Waals surface area (Å²) in [5, 5.41) is 8.52. The van der Waals surface area contributed by atoms with Gasteiger partial charge in [0, 0.05) is 18.6 Å². The Bertz CT molecular complexity index is 147. The molecular formula is C9H17NO2. The van der Waals surface area contributed by atoms with E-state index in [0.717, 1.165) is 12.6 Å². The molecular weight excluding hydrogens is 154 g/mol. The first-order chi connectivity index (χ1) is 5.92. The van der Waals surface area contributed by atoms with Gasteiger partial charge in [-0.2, -0.15) is 0 Å². The van der Waals surface area contributed by atoms with Gasteiger partial charge >= 0.3 is 0 Å². The van der Waals surface area contributed by atoms with E-state index in [2.05, 4.69) is 4.90 Å². The normalized spacial score (nSPS) is 30.2. The van der Waals surface area contributed by atoms with E-state index in [-0.39, 0.29) is 6.61 Å². The average Bonchev–Trinajstić information content (AvgIpc) is 2.80. The topological polar surface area (TPSA) is 32.7 Å². The van der Waals surface area contributed by atoms with Crippen LogP contribution in [0.2, 0.25) is 0 Å². The number of rotatable bonds is 5. The Morgan fingerprint density at radius 1 is 1.33 bits per heavy atom. The molecule has 2 rings (SSSR count). The van der Waals surface area contributed by atoms with Crippen molar-refractivity contribution in [3.05, 3.63) is 0 Å². The van der Waals surface area contributed by atoms with Crippen LogP contribution < -0.4 is 0 Å². The molecule has 70 valence electrons. The van der Waals surface area contributed by atoms with Crippen LogP contribution in [0.5, 0.6) is 0 Å². The average molecular weight is 171 g/mol. The molecule has 0 aromatic rings. The first kappa shape index (κ1) is 8.48. The van der Waals surface area contributed by atoms with Crippen LogP contribution in [-0.2, 0) is 4.74 Å². The monoisotopic (exact) mass is 171 g/mol. The molecule has 3 nitrogen and oxygen atoms in total. The van der Waals surface area contributed by atoms with Crippen molar-refractivity contribution in [1.29, 1.82) is 0 Å². The van der Waals surface area contributed by atoms with Gasteiger partial charge in [0.15, 0.2) is 0 Å². The summed E-state index contributed by atoms with van der Waals surface area (Å²) in [6.07, 6.45) is 4.05. The fraction of sp³-hybridized carbons (Fsp3) is 1.00. The predicted molar refractivity (Wildman–Crippen MR) is 46.0 cm³/mol. The van der Waals surface area contributed by atoms with E-state index in [0.29, 0.717) is 12.6 Å². The fourth-order valence-electron chi connectivity index (χ4n) is 1.81. The van der Waals surface area contributed by atoms with E-state index >= 15 is 0 Å². The third-order valence-electron chi connectivity index (χ3n) is 2.75. The van der Waals surface area contributed by atoms with Gasteiger partial charge in [0.05, 0.1) is 19.8 Å². The van der Waals surface area contributed by atoms with Gasteiger partial charge in [0.2, 0.25) is 0 Å². The van der Waals surface area contributed by atoms with E-state index < -0.39 is 0 Å². The van der Waals surface area contributed by atoms with E-state index in [4.69, 9.17) is 9.84 Å². The second-order valence-electron chi connectivity index (χ2n) is 3.71. The molecule has 1 aliphatic heterocycles. The molecule has 1 aliphatic carbocycles. The first-order valence-electron chi connectivity index (χ1n) is 4.86. The zero-order chi connectivity index (χ0) is 8.39. The summed E-state index contributed by atoms with van der Waals surface area (Å²) < 4.78 is 5.30. The van der Waals surface area contributed by atoms with Crippen LogP contribution in [0.15, 0.2) is 0 Å². The second-order valence-corrected chi connectivity index (χ2v) is 3.71. The Labute approximate surface area is 73.3 Å².